The molecule has 2 aromatic heterocycles. The van der Waals surface area contributed by atoms with Gasteiger partial charge in [-0.1, -0.05) is 6.07 Å². The van der Waals surface area contributed by atoms with Gasteiger partial charge in [0.25, 0.3) is 0 Å². The molecule has 0 spiro atoms. The van der Waals surface area contributed by atoms with Gasteiger partial charge in [0.1, 0.15) is 5.82 Å². The quantitative estimate of drug-likeness (QED) is 0.694. The number of alkyl halides is 1. The summed E-state index contributed by atoms with van der Waals surface area (Å²) < 4.78 is 4.11. The molecule has 0 aliphatic heterocycles. The average Bonchev–Trinajstić information content (AvgIpc) is 2.91. The lowest BCUT2D eigenvalue weighted by Crippen LogP contribution is -2.06. The van der Waals surface area contributed by atoms with Crippen LogP contribution >= 0.6 is 11.6 Å². The first-order valence-corrected chi connectivity index (χ1v) is 7.63. The lowest BCUT2D eigenvalue weighted by atomic mass is 10.2. The van der Waals surface area contributed by atoms with Crippen molar-refractivity contribution in [1.82, 2.24) is 19.3 Å². The SMILES string of the molecule is Cc1ccc2c(c1)nc(CCCl)n2Cc1cn(C)nc1C. The number of halogens is 1. The maximum atomic E-state index is 5.94. The van der Waals surface area contributed by atoms with E-state index in [1.807, 2.05) is 18.7 Å². The van der Waals surface area contributed by atoms with E-state index in [9.17, 15) is 0 Å². The maximum Gasteiger partial charge on any atom is 0.111 e. The van der Waals surface area contributed by atoms with Gasteiger partial charge in [0.2, 0.25) is 0 Å². The highest BCUT2D eigenvalue weighted by atomic mass is 35.5. The van der Waals surface area contributed by atoms with Crippen LogP contribution in [0.3, 0.4) is 0 Å². The zero-order chi connectivity index (χ0) is 15.0. The van der Waals surface area contributed by atoms with Crippen LogP contribution in [0.25, 0.3) is 11.0 Å². The predicted octanol–water partition coefficient (Wildman–Crippen LogP) is 3.22. The van der Waals surface area contributed by atoms with E-state index in [4.69, 9.17) is 16.6 Å². The maximum absolute atomic E-state index is 5.94. The molecule has 4 nitrogen and oxygen atoms in total. The van der Waals surface area contributed by atoms with Crippen LogP contribution in [-0.2, 0) is 20.0 Å². The molecule has 2 heterocycles. The molecule has 0 N–H and O–H groups in total. The van der Waals surface area contributed by atoms with Crippen LogP contribution in [0.2, 0.25) is 0 Å². The molecule has 0 unspecified atom stereocenters. The highest BCUT2D eigenvalue weighted by molar-refractivity contribution is 6.17. The predicted molar refractivity (Wildman–Crippen MR) is 85.9 cm³/mol. The van der Waals surface area contributed by atoms with E-state index >= 15 is 0 Å². The number of hydrogen-bond acceptors (Lipinski definition) is 2. The summed E-state index contributed by atoms with van der Waals surface area (Å²) in [7, 11) is 1.95. The van der Waals surface area contributed by atoms with Gasteiger partial charge in [0.05, 0.1) is 23.3 Å². The Morgan fingerprint density at radius 1 is 1.24 bits per heavy atom. The smallest absolute Gasteiger partial charge is 0.111 e. The fourth-order valence-corrected chi connectivity index (χ4v) is 2.88. The molecular weight excluding hydrogens is 284 g/mol. The number of fused-ring (bicyclic) bond motifs is 1. The second-order valence-electron chi connectivity index (χ2n) is 5.46. The highest BCUT2D eigenvalue weighted by Crippen LogP contribution is 2.21. The Morgan fingerprint density at radius 3 is 2.71 bits per heavy atom. The lowest BCUT2D eigenvalue weighted by molar-refractivity contribution is 0.747. The van der Waals surface area contributed by atoms with Gasteiger partial charge in [-0.2, -0.15) is 5.10 Å². The van der Waals surface area contributed by atoms with Gasteiger partial charge in [0, 0.05) is 31.1 Å². The molecule has 0 saturated heterocycles. The van der Waals surface area contributed by atoms with Gasteiger partial charge in [0.15, 0.2) is 0 Å². The van der Waals surface area contributed by atoms with Gasteiger partial charge < -0.3 is 4.57 Å². The van der Waals surface area contributed by atoms with Crippen LogP contribution in [0.5, 0.6) is 0 Å². The van der Waals surface area contributed by atoms with Crippen LogP contribution in [0.1, 0.15) is 22.6 Å². The molecule has 0 atom stereocenters. The molecule has 0 bridgehead atoms. The minimum atomic E-state index is 0.578. The standard InChI is InChI=1S/C16H19ClN4/c1-11-4-5-15-14(8-11)18-16(6-7-17)21(15)10-13-9-20(3)19-12(13)2/h4-5,8-9H,6-7,10H2,1-3H3. The fraction of sp³-hybridized carbons (Fsp3) is 0.375. The first-order chi connectivity index (χ1) is 10.1. The normalized spacial score (nSPS) is 11.4. The van der Waals surface area contributed by atoms with Gasteiger partial charge in [-0.25, -0.2) is 4.98 Å². The van der Waals surface area contributed by atoms with Gasteiger partial charge in [-0.15, -0.1) is 11.6 Å². The number of rotatable bonds is 4. The third-order valence-electron chi connectivity index (χ3n) is 3.74. The Bertz CT molecular complexity index is 785. The second kappa shape index (κ2) is 5.53. The first kappa shape index (κ1) is 14.1. The minimum absolute atomic E-state index is 0.578. The summed E-state index contributed by atoms with van der Waals surface area (Å²) >= 11 is 5.94. The molecule has 0 aliphatic carbocycles. The Labute approximate surface area is 129 Å². The first-order valence-electron chi connectivity index (χ1n) is 7.09. The summed E-state index contributed by atoms with van der Waals surface area (Å²) in [6.07, 6.45) is 2.84. The van der Waals surface area contributed by atoms with Crippen LogP contribution in [-0.4, -0.2) is 25.2 Å². The topological polar surface area (TPSA) is 35.6 Å². The number of aryl methyl sites for hydroxylation is 4. The molecule has 3 rings (SSSR count). The number of hydrogen-bond donors (Lipinski definition) is 0. The molecule has 110 valence electrons. The van der Waals surface area contributed by atoms with Crippen LogP contribution in [0, 0.1) is 13.8 Å². The molecule has 5 heteroatoms. The van der Waals surface area contributed by atoms with Crippen molar-refractivity contribution >= 4 is 22.6 Å². The van der Waals surface area contributed by atoms with E-state index in [2.05, 4.69) is 41.0 Å². The van der Waals surface area contributed by atoms with E-state index in [1.54, 1.807) is 0 Å². The van der Waals surface area contributed by atoms with Crippen molar-refractivity contribution in [3.8, 4) is 0 Å². The molecular formula is C16H19ClN4. The number of benzene rings is 1. The molecule has 0 fully saturated rings. The van der Waals surface area contributed by atoms with E-state index in [-0.39, 0.29) is 0 Å². The highest BCUT2D eigenvalue weighted by Gasteiger charge is 2.13. The zero-order valence-electron chi connectivity index (χ0n) is 12.6. The van der Waals surface area contributed by atoms with Crippen molar-refractivity contribution in [2.45, 2.75) is 26.8 Å². The van der Waals surface area contributed by atoms with Gasteiger partial charge in [-0.3, -0.25) is 4.68 Å². The number of aromatic nitrogens is 4. The van der Waals surface area contributed by atoms with Crippen LogP contribution in [0.4, 0.5) is 0 Å². The molecule has 0 saturated carbocycles. The lowest BCUT2D eigenvalue weighted by Gasteiger charge is -2.08. The molecule has 0 radical (unpaired) electrons. The summed E-state index contributed by atoms with van der Waals surface area (Å²) in [5, 5.41) is 4.42. The van der Waals surface area contributed by atoms with Crippen molar-refractivity contribution in [3.63, 3.8) is 0 Å². The number of nitrogens with zero attached hydrogens (tertiary/aromatic N) is 4. The van der Waals surface area contributed by atoms with Crippen molar-refractivity contribution in [2.75, 3.05) is 5.88 Å². The van der Waals surface area contributed by atoms with Gasteiger partial charge in [-0.05, 0) is 31.5 Å². The van der Waals surface area contributed by atoms with Crippen molar-refractivity contribution in [1.29, 1.82) is 0 Å². The molecule has 0 amide bonds. The average molecular weight is 303 g/mol. The van der Waals surface area contributed by atoms with E-state index in [1.165, 1.54) is 11.1 Å². The third-order valence-corrected chi connectivity index (χ3v) is 3.93. The van der Waals surface area contributed by atoms with E-state index in [0.29, 0.717) is 5.88 Å². The Morgan fingerprint density at radius 2 is 2.05 bits per heavy atom. The molecule has 3 aromatic rings. The summed E-state index contributed by atoms with van der Waals surface area (Å²) in [6.45, 7) is 4.91. The summed E-state index contributed by atoms with van der Waals surface area (Å²) in [5.74, 6) is 1.61. The molecule has 1 aromatic carbocycles. The summed E-state index contributed by atoms with van der Waals surface area (Å²) in [4.78, 5) is 4.75. The molecule has 0 aliphatic rings. The zero-order valence-corrected chi connectivity index (χ0v) is 13.4. The Balaban J connectivity index is 2.10. The Hall–Kier alpha value is -1.81. The number of imidazole rings is 1. The fourth-order valence-electron chi connectivity index (χ4n) is 2.72. The largest absolute Gasteiger partial charge is 0.323 e. The van der Waals surface area contributed by atoms with E-state index < -0.39 is 0 Å². The van der Waals surface area contributed by atoms with Crippen molar-refractivity contribution in [3.05, 3.63) is 47.0 Å². The van der Waals surface area contributed by atoms with Crippen molar-refractivity contribution < 1.29 is 0 Å². The summed E-state index contributed by atoms with van der Waals surface area (Å²) in [6, 6.07) is 6.39. The van der Waals surface area contributed by atoms with Crippen LogP contribution < -0.4 is 0 Å². The Kier molecular flexibility index (Phi) is 3.72. The van der Waals surface area contributed by atoms with Crippen LogP contribution in [0.15, 0.2) is 24.4 Å². The summed E-state index contributed by atoms with van der Waals surface area (Å²) in [5.41, 5.74) is 5.69. The van der Waals surface area contributed by atoms with Gasteiger partial charge >= 0.3 is 0 Å². The van der Waals surface area contributed by atoms with E-state index in [0.717, 1.165) is 35.5 Å². The third kappa shape index (κ3) is 2.68. The van der Waals surface area contributed by atoms with Crippen molar-refractivity contribution in [2.24, 2.45) is 7.05 Å². The molecule has 21 heavy (non-hydrogen) atoms. The second-order valence-corrected chi connectivity index (χ2v) is 5.84. The minimum Gasteiger partial charge on any atom is -0.323 e. The monoisotopic (exact) mass is 302 g/mol.